The molecule has 0 spiro atoms. The van der Waals surface area contributed by atoms with Crippen LogP contribution < -0.4 is 9.47 Å². The fourth-order valence-electron chi connectivity index (χ4n) is 1.11. The van der Waals surface area contributed by atoms with Crippen molar-refractivity contribution in [3.8, 4) is 11.5 Å². The van der Waals surface area contributed by atoms with Crippen molar-refractivity contribution >= 4 is 5.97 Å². The highest BCUT2D eigenvalue weighted by atomic mass is 16.5. The van der Waals surface area contributed by atoms with E-state index >= 15 is 0 Å². The van der Waals surface area contributed by atoms with E-state index in [2.05, 4.69) is 0 Å². The van der Waals surface area contributed by atoms with Crippen LogP contribution in [0.5, 0.6) is 11.5 Å². The van der Waals surface area contributed by atoms with Gasteiger partial charge in [0.25, 0.3) is 0 Å². The van der Waals surface area contributed by atoms with Crippen LogP contribution >= 0.6 is 0 Å². The molecule has 1 N–H and O–H groups in total. The Hall–Kier alpha value is -1.71. The SMILES string of the molecule is COc1cccc(OCC(=O)O)c1C. The number of ether oxygens (including phenoxy) is 2. The lowest BCUT2D eigenvalue weighted by molar-refractivity contribution is -0.139. The van der Waals surface area contributed by atoms with Gasteiger partial charge in [-0.2, -0.15) is 0 Å². The number of carboxylic acids is 1. The number of carbonyl (C=O) groups is 1. The van der Waals surface area contributed by atoms with Crippen molar-refractivity contribution in [2.45, 2.75) is 6.92 Å². The molecule has 0 bridgehead atoms. The first kappa shape index (κ1) is 10.4. The van der Waals surface area contributed by atoms with Gasteiger partial charge < -0.3 is 14.6 Å². The fraction of sp³-hybridized carbons (Fsp3) is 0.300. The van der Waals surface area contributed by atoms with E-state index in [0.29, 0.717) is 11.5 Å². The Morgan fingerprint density at radius 2 is 2.07 bits per heavy atom. The summed E-state index contributed by atoms with van der Waals surface area (Å²) in [6, 6.07) is 5.26. The van der Waals surface area contributed by atoms with Gasteiger partial charge in [0.05, 0.1) is 7.11 Å². The third-order valence-electron chi connectivity index (χ3n) is 1.81. The maximum absolute atomic E-state index is 10.3. The molecule has 0 unspecified atom stereocenters. The normalized spacial score (nSPS) is 9.57. The summed E-state index contributed by atoms with van der Waals surface area (Å²) in [6.07, 6.45) is 0. The molecule has 1 rings (SSSR count). The predicted octanol–water partition coefficient (Wildman–Crippen LogP) is 1.47. The molecule has 0 saturated heterocycles. The third kappa shape index (κ3) is 2.39. The van der Waals surface area contributed by atoms with Crippen LogP contribution in [0.1, 0.15) is 5.56 Å². The number of hydrogen-bond acceptors (Lipinski definition) is 3. The molecule has 0 fully saturated rings. The second kappa shape index (κ2) is 4.50. The highest BCUT2D eigenvalue weighted by Crippen LogP contribution is 2.26. The highest BCUT2D eigenvalue weighted by molar-refractivity contribution is 5.68. The van der Waals surface area contributed by atoms with E-state index in [-0.39, 0.29) is 6.61 Å². The standard InChI is InChI=1S/C10H12O4/c1-7-8(13-2)4-3-5-9(7)14-6-10(11)12/h3-5H,6H2,1-2H3,(H,11,12). The van der Waals surface area contributed by atoms with Crippen molar-refractivity contribution in [1.29, 1.82) is 0 Å². The monoisotopic (exact) mass is 196 g/mol. The maximum Gasteiger partial charge on any atom is 0.341 e. The van der Waals surface area contributed by atoms with Crippen molar-refractivity contribution in [3.05, 3.63) is 23.8 Å². The fourth-order valence-corrected chi connectivity index (χ4v) is 1.11. The predicted molar refractivity (Wildman–Crippen MR) is 50.9 cm³/mol. The topological polar surface area (TPSA) is 55.8 Å². The zero-order chi connectivity index (χ0) is 10.6. The molecule has 4 heteroatoms. The first-order chi connectivity index (χ1) is 6.65. The van der Waals surface area contributed by atoms with Crippen molar-refractivity contribution in [2.75, 3.05) is 13.7 Å². The summed E-state index contributed by atoms with van der Waals surface area (Å²) in [5, 5.41) is 8.44. The van der Waals surface area contributed by atoms with Crippen LogP contribution in [0, 0.1) is 6.92 Å². The molecule has 14 heavy (non-hydrogen) atoms. The second-order valence-corrected chi connectivity index (χ2v) is 2.77. The van der Waals surface area contributed by atoms with Crippen LogP contribution in [0.4, 0.5) is 0 Å². The Bertz CT molecular complexity index is 333. The van der Waals surface area contributed by atoms with Gasteiger partial charge in [0, 0.05) is 5.56 Å². The van der Waals surface area contributed by atoms with E-state index in [1.165, 1.54) is 0 Å². The highest BCUT2D eigenvalue weighted by Gasteiger charge is 2.06. The smallest absolute Gasteiger partial charge is 0.341 e. The Morgan fingerprint density at radius 1 is 1.43 bits per heavy atom. The summed E-state index contributed by atoms with van der Waals surface area (Å²) in [5.41, 5.74) is 0.802. The number of methoxy groups -OCH3 is 1. The molecule has 0 aliphatic heterocycles. The molecule has 76 valence electrons. The van der Waals surface area contributed by atoms with Gasteiger partial charge in [-0.25, -0.2) is 4.79 Å². The minimum atomic E-state index is -0.993. The van der Waals surface area contributed by atoms with Crippen LogP contribution in [0.2, 0.25) is 0 Å². The molecule has 0 heterocycles. The largest absolute Gasteiger partial charge is 0.496 e. The zero-order valence-corrected chi connectivity index (χ0v) is 8.11. The van der Waals surface area contributed by atoms with E-state index < -0.39 is 5.97 Å². The summed E-state index contributed by atoms with van der Waals surface area (Å²) in [5.74, 6) is 0.229. The molecule has 0 radical (unpaired) electrons. The number of rotatable bonds is 4. The number of carboxylic acid groups (broad SMARTS) is 1. The number of aliphatic carboxylic acids is 1. The third-order valence-corrected chi connectivity index (χ3v) is 1.81. The van der Waals surface area contributed by atoms with Gasteiger partial charge >= 0.3 is 5.97 Å². The average Bonchev–Trinajstić information content (AvgIpc) is 2.16. The second-order valence-electron chi connectivity index (χ2n) is 2.77. The van der Waals surface area contributed by atoms with Crippen LogP contribution in [0.25, 0.3) is 0 Å². The summed E-state index contributed by atoms with van der Waals surface area (Å²) in [7, 11) is 1.56. The number of benzene rings is 1. The minimum absolute atomic E-state index is 0.339. The molecule has 4 nitrogen and oxygen atoms in total. The molecule has 0 aliphatic rings. The first-order valence-electron chi connectivity index (χ1n) is 4.13. The molecule has 1 aromatic rings. The summed E-state index contributed by atoms with van der Waals surface area (Å²) in [6.45, 7) is 1.48. The Balaban J connectivity index is 2.81. The Kier molecular flexibility index (Phi) is 3.34. The average molecular weight is 196 g/mol. The van der Waals surface area contributed by atoms with Gasteiger partial charge in [0.2, 0.25) is 0 Å². The zero-order valence-electron chi connectivity index (χ0n) is 8.11. The van der Waals surface area contributed by atoms with Crippen molar-refractivity contribution in [2.24, 2.45) is 0 Å². The molecule has 0 aromatic heterocycles. The van der Waals surface area contributed by atoms with Crippen LogP contribution in [0.15, 0.2) is 18.2 Å². The van der Waals surface area contributed by atoms with E-state index in [0.717, 1.165) is 5.56 Å². The lowest BCUT2D eigenvalue weighted by Gasteiger charge is -2.09. The quantitative estimate of drug-likeness (QED) is 0.792. The molecule has 0 aliphatic carbocycles. The Morgan fingerprint density at radius 3 is 2.64 bits per heavy atom. The molecule has 0 saturated carbocycles. The van der Waals surface area contributed by atoms with Gasteiger partial charge in [-0.05, 0) is 19.1 Å². The lowest BCUT2D eigenvalue weighted by Crippen LogP contribution is -2.10. The minimum Gasteiger partial charge on any atom is -0.496 e. The first-order valence-corrected chi connectivity index (χ1v) is 4.13. The van der Waals surface area contributed by atoms with Crippen LogP contribution in [-0.4, -0.2) is 24.8 Å². The van der Waals surface area contributed by atoms with Crippen molar-refractivity contribution in [1.82, 2.24) is 0 Å². The van der Waals surface area contributed by atoms with Crippen LogP contribution in [-0.2, 0) is 4.79 Å². The molecular weight excluding hydrogens is 184 g/mol. The van der Waals surface area contributed by atoms with E-state index in [1.54, 1.807) is 25.3 Å². The maximum atomic E-state index is 10.3. The van der Waals surface area contributed by atoms with Gasteiger partial charge in [-0.1, -0.05) is 6.07 Å². The molecular formula is C10H12O4. The summed E-state index contributed by atoms with van der Waals surface area (Å²) < 4.78 is 10.1. The van der Waals surface area contributed by atoms with E-state index in [1.807, 2.05) is 6.92 Å². The van der Waals surface area contributed by atoms with Crippen molar-refractivity contribution < 1.29 is 19.4 Å². The molecule has 1 aromatic carbocycles. The van der Waals surface area contributed by atoms with E-state index in [4.69, 9.17) is 14.6 Å². The molecule has 0 amide bonds. The van der Waals surface area contributed by atoms with Crippen LogP contribution in [0.3, 0.4) is 0 Å². The van der Waals surface area contributed by atoms with Crippen molar-refractivity contribution in [3.63, 3.8) is 0 Å². The van der Waals surface area contributed by atoms with E-state index in [9.17, 15) is 4.79 Å². The van der Waals surface area contributed by atoms with Gasteiger partial charge in [0.15, 0.2) is 6.61 Å². The summed E-state index contributed by atoms with van der Waals surface area (Å²) in [4.78, 5) is 10.3. The van der Waals surface area contributed by atoms with Gasteiger partial charge in [-0.15, -0.1) is 0 Å². The van der Waals surface area contributed by atoms with Gasteiger partial charge in [-0.3, -0.25) is 0 Å². The lowest BCUT2D eigenvalue weighted by atomic mass is 10.2. The molecule has 0 atom stereocenters. The number of hydrogen-bond donors (Lipinski definition) is 1. The summed E-state index contributed by atoms with van der Waals surface area (Å²) >= 11 is 0. The van der Waals surface area contributed by atoms with Gasteiger partial charge in [0.1, 0.15) is 11.5 Å². The Labute approximate surface area is 82.1 Å².